The second-order valence-electron chi connectivity index (χ2n) is 8.67. The van der Waals surface area contributed by atoms with Crippen molar-refractivity contribution in [1.29, 1.82) is 0 Å². The third-order valence-electron chi connectivity index (χ3n) is 6.12. The molecule has 3 heterocycles. The van der Waals surface area contributed by atoms with Gasteiger partial charge in [-0.1, -0.05) is 36.4 Å². The number of morpholine rings is 1. The van der Waals surface area contributed by atoms with Crippen LogP contribution in [0.25, 0.3) is 16.7 Å². The predicted molar refractivity (Wildman–Crippen MR) is 138 cm³/mol. The summed E-state index contributed by atoms with van der Waals surface area (Å²) in [7, 11) is 0. The van der Waals surface area contributed by atoms with Gasteiger partial charge >= 0.3 is 5.69 Å². The van der Waals surface area contributed by atoms with Gasteiger partial charge in [0.1, 0.15) is 6.54 Å². The van der Waals surface area contributed by atoms with Crippen LogP contribution in [0.2, 0.25) is 0 Å². The van der Waals surface area contributed by atoms with Crippen LogP contribution >= 0.6 is 0 Å². The van der Waals surface area contributed by atoms with E-state index in [1.54, 1.807) is 72.5 Å². The molecule has 2 aromatic heterocycles. The Morgan fingerprint density at radius 1 is 0.973 bits per heavy atom. The molecule has 1 aliphatic rings. The number of para-hydroxylation sites is 2. The number of nitrogens with zero attached hydrogens (tertiary/aromatic N) is 4. The summed E-state index contributed by atoms with van der Waals surface area (Å²) in [5, 5.41) is 2.68. The third kappa shape index (κ3) is 4.78. The Morgan fingerprint density at radius 3 is 2.30 bits per heavy atom. The number of carbonyl (C=O) groups excluding carboxylic acids is 2. The van der Waals surface area contributed by atoms with Crippen LogP contribution in [-0.2, 0) is 16.1 Å². The fraction of sp³-hybridized carbons (Fsp3) is 0.222. The first-order valence-corrected chi connectivity index (χ1v) is 11.9. The number of fused-ring (bicyclic) bond motifs is 1. The molecule has 2 amide bonds. The van der Waals surface area contributed by atoms with Crippen molar-refractivity contribution in [2.24, 2.45) is 0 Å². The molecule has 1 aliphatic heterocycles. The van der Waals surface area contributed by atoms with Gasteiger partial charge in [0.05, 0.1) is 29.9 Å². The number of anilines is 1. The van der Waals surface area contributed by atoms with E-state index < -0.39 is 23.7 Å². The first-order chi connectivity index (χ1) is 17.9. The van der Waals surface area contributed by atoms with Crippen molar-refractivity contribution < 1.29 is 14.3 Å². The van der Waals surface area contributed by atoms with E-state index in [9.17, 15) is 19.2 Å². The van der Waals surface area contributed by atoms with Crippen molar-refractivity contribution in [3.8, 4) is 5.69 Å². The topological polar surface area (TPSA) is 116 Å². The molecule has 5 rings (SSSR count). The van der Waals surface area contributed by atoms with Gasteiger partial charge in [0.25, 0.3) is 11.5 Å². The first-order valence-electron chi connectivity index (χ1n) is 11.9. The van der Waals surface area contributed by atoms with Crippen LogP contribution < -0.4 is 16.6 Å². The molecule has 1 saturated heterocycles. The van der Waals surface area contributed by atoms with Gasteiger partial charge in [0, 0.05) is 24.5 Å². The van der Waals surface area contributed by atoms with Crippen molar-refractivity contribution in [3.63, 3.8) is 0 Å². The van der Waals surface area contributed by atoms with E-state index in [2.05, 4.69) is 10.3 Å². The molecule has 4 aromatic rings. The molecule has 1 fully saturated rings. The van der Waals surface area contributed by atoms with Crippen LogP contribution in [0.1, 0.15) is 16.1 Å². The zero-order valence-electron chi connectivity index (χ0n) is 20.2. The third-order valence-corrected chi connectivity index (χ3v) is 6.12. The second kappa shape index (κ2) is 10.2. The van der Waals surface area contributed by atoms with Crippen LogP contribution in [0, 0.1) is 6.92 Å². The lowest BCUT2D eigenvalue weighted by atomic mass is 10.1. The molecule has 0 unspecified atom stereocenters. The summed E-state index contributed by atoms with van der Waals surface area (Å²) in [5.41, 5.74) is 0.193. The molecule has 10 nitrogen and oxygen atoms in total. The number of hydrogen-bond acceptors (Lipinski definition) is 6. The first kappa shape index (κ1) is 24.1. The summed E-state index contributed by atoms with van der Waals surface area (Å²) in [5.74, 6) is -0.903. The molecule has 0 spiro atoms. The quantitative estimate of drug-likeness (QED) is 0.449. The van der Waals surface area contributed by atoms with Crippen LogP contribution in [0.3, 0.4) is 0 Å². The Balaban J connectivity index is 1.72. The molecule has 1 N–H and O–H groups in total. The number of carbonyl (C=O) groups is 2. The number of amides is 2. The number of nitrogens with one attached hydrogen (secondary N) is 1. The van der Waals surface area contributed by atoms with Gasteiger partial charge in [-0.05, 0) is 37.3 Å². The average Bonchev–Trinajstić information content (AvgIpc) is 2.92. The Kier molecular flexibility index (Phi) is 6.65. The van der Waals surface area contributed by atoms with Gasteiger partial charge in [-0.25, -0.2) is 18.9 Å². The van der Waals surface area contributed by atoms with Gasteiger partial charge in [0.15, 0.2) is 5.65 Å². The van der Waals surface area contributed by atoms with Gasteiger partial charge in [-0.15, -0.1) is 0 Å². The Hall–Kier alpha value is -4.57. The highest BCUT2D eigenvalue weighted by atomic mass is 16.5. The highest BCUT2D eigenvalue weighted by Gasteiger charge is 2.26. The zero-order chi connectivity index (χ0) is 25.9. The standard InChI is InChI=1S/C27H25N5O5/c1-18-16-21(25(34)30-12-14-37-15-13-30)23-24(28-18)32(20-10-6-3-7-11-20)27(36)31(26(23)35)17-22(33)29-19-8-4-2-5-9-19/h2-11,16H,12-15,17H2,1H3,(H,29,33). The average molecular weight is 500 g/mol. The Morgan fingerprint density at radius 2 is 1.62 bits per heavy atom. The summed E-state index contributed by atoms with van der Waals surface area (Å²) < 4.78 is 7.48. The minimum absolute atomic E-state index is 0.0157. The van der Waals surface area contributed by atoms with Crippen LogP contribution in [-0.4, -0.2) is 57.1 Å². The number of aromatic nitrogens is 3. The summed E-state index contributed by atoms with van der Waals surface area (Å²) in [4.78, 5) is 60.0. The van der Waals surface area contributed by atoms with E-state index in [4.69, 9.17) is 4.74 Å². The molecule has 10 heteroatoms. The van der Waals surface area contributed by atoms with Crippen molar-refractivity contribution in [1.82, 2.24) is 19.0 Å². The van der Waals surface area contributed by atoms with Crippen LogP contribution in [0.4, 0.5) is 5.69 Å². The lowest BCUT2D eigenvalue weighted by molar-refractivity contribution is -0.116. The predicted octanol–water partition coefficient (Wildman–Crippen LogP) is 1.97. The van der Waals surface area contributed by atoms with E-state index in [1.807, 2.05) is 6.07 Å². The van der Waals surface area contributed by atoms with Gasteiger partial charge in [0.2, 0.25) is 5.91 Å². The minimum atomic E-state index is -0.750. The normalized spacial score (nSPS) is 13.5. The number of ether oxygens (including phenoxy) is 1. The summed E-state index contributed by atoms with van der Waals surface area (Å²) in [6.45, 7) is 2.72. The Bertz CT molecular complexity index is 1590. The van der Waals surface area contributed by atoms with E-state index in [0.29, 0.717) is 43.4 Å². The van der Waals surface area contributed by atoms with Crippen molar-refractivity contribution >= 4 is 28.5 Å². The highest BCUT2D eigenvalue weighted by Crippen LogP contribution is 2.20. The molecule has 0 bridgehead atoms. The van der Waals surface area contributed by atoms with E-state index in [-0.39, 0.29) is 22.5 Å². The van der Waals surface area contributed by atoms with Gasteiger partial charge in [-0.2, -0.15) is 0 Å². The number of aryl methyl sites for hydroxylation is 1. The fourth-order valence-electron chi connectivity index (χ4n) is 4.38. The van der Waals surface area contributed by atoms with Gasteiger partial charge in [-0.3, -0.25) is 14.4 Å². The Labute approximate surface area is 211 Å². The van der Waals surface area contributed by atoms with Crippen molar-refractivity contribution in [2.75, 3.05) is 31.6 Å². The maximum Gasteiger partial charge on any atom is 0.337 e. The number of pyridine rings is 1. The number of benzene rings is 2. The molecule has 0 saturated carbocycles. The molecule has 0 radical (unpaired) electrons. The lowest BCUT2D eigenvalue weighted by Gasteiger charge is -2.27. The molecular formula is C27H25N5O5. The number of rotatable bonds is 5. The highest BCUT2D eigenvalue weighted by molar-refractivity contribution is 6.05. The summed E-state index contributed by atoms with van der Waals surface area (Å²) in [6, 6.07) is 19.0. The minimum Gasteiger partial charge on any atom is -0.378 e. The SMILES string of the molecule is Cc1cc(C(=O)N2CCOCC2)c2c(=O)n(CC(=O)Nc3ccccc3)c(=O)n(-c3ccccc3)c2n1. The second-order valence-corrected chi connectivity index (χ2v) is 8.67. The largest absolute Gasteiger partial charge is 0.378 e. The molecule has 2 aromatic carbocycles. The van der Waals surface area contributed by atoms with E-state index in [1.165, 1.54) is 4.57 Å². The maximum absolute atomic E-state index is 13.8. The smallest absolute Gasteiger partial charge is 0.337 e. The maximum atomic E-state index is 13.8. The van der Waals surface area contributed by atoms with Gasteiger partial charge < -0.3 is 15.0 Å². The lowest BCUT2D eigenvalue weighted by Crippen LogP contribution is -2.44. The van der Waals surface area contributed by atoms with Crippen LogP contribution in [0.15, 0.2) is 76.3 Å². The molecule has 188 valence electrons. The molecule has 37 heavy (non-hydrogen) atoms. The summed E-state index contributed by atoms with van der Waals surface area (Å²) in [6.07, 6.45) is 0. The molecule has 0 atom stereocenters. The van der Waals surface area contributed by atoms with E-state index in [0.717, 1.165) is 4.57 Å². The summed E-state index contributed by atoms with van der Waals surface area (Å²) >= 11 is 0. The van der Waals surface area contributed by atoms with Crippen molar-refractivity contribution in [2.45, 2.75) is 13.5 Å². The van der Waals surface area contributed by atoms with Crippen molar-refractivity contribution in [3.05, 3.63) is 98.8 Å². The zero-order valence-corrected chi connectivity index (χ0v) is 20.2. The fourth-order valence-corrected chi connectivity index (χ4v) is 4.38. The number of hydrogen-bond donors (Lipinski definition) is 1. The van der Waals surface area contributed by atoms with E-state index >= 15 is 0 Å². The monoisotopic (exact) mass is 499 g/mol. The molecular weight excluding hydrogens is 474 g/mol. The molecule has 0 aliphatic carbocycles. The van der Waals surface area contributed by atoms with Crippen LogP contribution in [0.5, 0.6) is 0 Å².